The lowest BCUT2D eigenvalue weighted by atomic mass is 10.1. The van der Waals surface area contributed by atoms with Crippen molar-refractivity contribution in [1.29, 1.82) is 0 Å². The van der Waals surface area contributed by atoms with Crippen LogP contribution in [0.4, 0.5) is 0 Å². The fraction of sp³-hybridized carbons (Fsp3) is 0.0769. The first-order chi connectivity index (χ1) is 16.2. The maximum absolute atomic E-state index is 4.93. The molecule has 6 nitrogen and oxygen atoms in total. The maximum atomic E-state index is 4.93. The van der Waals surface area contributed by atoms with Gasteiger partial charge in [-0.1, -0.05) is 77.1 Å². The largest absolute Gasteiger partial charge is 0.235 e. The second kappa shape index (κ2) is 7.79. The van der Waals surface area contributed by atoms with E-state index in [-0.39, 0.29) is 0 Å². The van der Waals surface area contributed by atoms with Crippen LogP contribution in [0.5, 0.6) is 0 Å². The van der Waals surface area contributed by atoms with Crippen LogP contribution in [0.25, 0.3) is 43.9 Å². The van der Waals surface area contributed by atoms with Gasteiger partial charge in [-0.25, -0.2) is 4.68 Å². The normalized spacial score (nSPS) is 11.3. The van der Waals surface area contributed by atoms with E-state index in [1.165, 1.54) is 22.5 Å². The van der Waals surface area contributed by atoms with E-state index >= 15 is 0 Å². The lowest BCUT2D eigenvalue weighted by Gasteiger charge is -2.09. The molecular formula is C26H20N6S. The summed E-state index contributed by atoms with van der Waals surface area (Å²) in [7, 11) is 0. The van der Waals surface area contributed by atoms with E-state index in [0.717, 1.165) is 43.9 Å². The first-order valence-electron chi connectivity index (χ1n) is 10.7. The zero-order valence-corrected chi connectivity index (χ0v) is 19.0. The molecule has 160 valence electrons. The SMILES string of the molecule is Cc1cc(C)cc(-c2nnc3sc(-c4cnn(-c5ccccc5)c4-c4ccccc4)nn23)c1. The summed E-state index contributed by atoms with van der Waals surface area (Å²) in [6.07, 6.45) is 1.89. The Morgan fingerprint density at radius 3 is 2.18 bits per heavy atom. The minimum absolute atomic E-state index is 0.746. The summed E-state index contributed by atoms with van der Waals surface area (Å²) >= 11 is 1.52. The Balaban J connectivity index is 1.54. The molecule has 0 radical (unpaired) electrons. The van der Waals surface area contributed by atoms with Gasteiger partial charge in [0.25, 0.3) is 0 Å². The highest BCUT2D eigenvalue weighted by Gasteiger charge is 2.21. The van der Waals surface area contributed by atoms with E-state index in [1.807, 2.05) is 51.8 Å². The Morgan fingerprint density at radius 2 is 1.45 bits per heavy atom. The topological polar surface area (TPSA) is 60.9 Å². The molecule has 0 fully saturated rings. The molecule has 0 N–H and O–H groups in total. The maximum Gasteiger partial charge on any atom is 0.235 e. The Bertz CT molecular complexity index is 1560. The summed E-state index contributed by atoms with van der Waals surface area (Å²) in [6.45, 7) is 4.18. The number of para-hydroxylation sites is 1. The minimum Gasteiger partial charge on any atom is -0.232 e. The molecule has 33 heavy (non-hydrogen) atoms. The third kappa shape index (κ3) is 3.43. The Hall–Kier alpha value is -4.10. The van der Waals surface area contributed by atoms with Crippen molar-refractivity contribution in [3.63, 3.8) is 0 Å². The number of fused-ring (bicyclic) bond motifs is 1. The molecule has 3 aromatic heterocycles. The number of aryl methyl sites for hydroxylation is 2. The molecule has 0 bridgehead atoms. The molecule has 0 saturated carbocycles. The van der Waals surface area contributed by atoms with Crippen LogP contribution in [0.1, 0.15) is 11.1 Å². The van der Waals surface area contributed by atoms with Crippen molar-refractivity contribution < 1.29 is 0 Å². The van der Waals surface area contributed by atoms with Gasteiger partial charge in [0, 0.05) is 11.1 Å². The van der Waals surface area contributed by atoms with Crippen molar-refractivity contribution in [2.24, 2.45) is 0 Å². The summed E-state index contributed by atoms with van der Waals surface area (Å²) in [6, 6.07) is 26.8. The number of benzene rings is 3. The van der Waals surface area contributed by atoms with Crippen LogP contribution in [0.3, 0.4) is 0 Å². The van der Waals surface area contributed by atoms with Gasteiger partial charge < -0.3 is 0 Å². The molecule has 0 amide bonds. The summed E-state index contributed by atoms with van der Waals surface area (Å²) in [4.78, 5) is 0.755. The van der Waals surface area contributed by atoms with Gasteiger partial charge >= 0.3 is 0 Å². The van der Waals surface area contributed by atoms with Gasteiger partial charge in [-0.15, -0.1) is 10.2 Å². The number of nitrogens with zero attached hydrogens (tertiary/aromatic N) is 6. The Morgan fingerprint density at radius 1 is 0.758 bits per heavy atom. The highest BCUT2D eigenvalue weighted by Crippen LogP contribution is 2.36. The van der Waals surface area contributed by atoms with Crippen molar-refractivity contribution in [2.45, 2.75) is 13.8 Å². The summed E-state index contributed by atoms with van der Waals surface area (Å²) in [5.74, 6) is 0.746. The molecule has 0 aliphatic carbocycles. The van der Waals surface area contributed by atoms with Gasteiger partial charge in [0.1, 0.15) is 0 Å². The second-order valence-electron chi connectivity index (χ2n) is 8.02. The monoisotopic (exact) mass is 448 g/mol. The van der Waals surface area contributed by atoms with Crippen LogP contribution in [0.15, 0.2) is 85.1 Å². The average molecular weight is 449 g/mol. The van der Waals surface area contributed by atoms with Gasteiger partial charge in [0.2, 0.25) is 4.96 Å². The van der Waals surface area contributed by atoms with E-state index in [9.17, 15) is 0 Å². The van der Waals surface area contributed by atoms with E-state index in [0.29, 0.717) is 0 Å². The van der Waals surface area contributed by atoms with Gasteiger partial charge in [0.15, 0.2) is 10.8 Å². The van der Waals surface area contributed by atoms with Crippen molar-refractivity contribution in [3.8, 4) is 38.9 Å². The van der Waals surface area contributed by atoms with Crippen LogP contribution < -0.4 is 0 Å². The lowest BCUT2D eigenvalue weighted by molar-refractivity contribution is 0.888. The number of hydrogen-bond acceptors (Lipinski definition) is 5. The summed E-state index contributed by atoms with van der Waals surface area (Å²) in [5, 5.41) is 19.3. The number of hydrogen-bond donors (Lipinski definition) is 0. The molecule has 6 aromatic rings. The Labute approximate surface area is 194 Å². The van der Waals surface area contributed by atoms with Crippen LogP contribution in [-0.2, 0) is 0 Å². The zero-order valence-electron chi connectivity index (χ0n) is 18.2. The molecular weight excluding hydrogens is 428 g/mol. The molecule has 3 aromatic carbocycles. The third-order valence-electron chi connectivity index (χ3n) is 5.52. The highest BCUT2D eigenvalue weighted by molar-refractivity contribution is 7.19. The van der Waals surface area contributed by atoms with Crippen LogP contribution in [0.2, 0.25) is 0 Å². The molecule has 0 spiro atoms. The van der Waals surface area contributed by atoms with Gasteiger partial charge in [-0.2, -0.15) is 14.7 Å². The minimum atomic E-state index is 0.746. The quantitative estimate of drug-likeness (QED) is 0.332. The van der Waals surface area contributed by atoms with Gasteiger partial charge in [-0.3, -0.25) is 0 Å². The first kappa shape index (κ1) is 19.6. The molecule has 0 atom stereocenters. The smallest absolute Gasteiger partial charge is 0.232 e. The molecule has 3 heterocycles. The van der Waals surface area contributed by atoms with Crippen molar-refractivity contribution in [1.82, 2.24) is 29.6 Å². The van der Waals surface area contributed by atoms with Crippen LogP contribution in [0, 0.1) is 13.8 Å². The molecule has 0 aliphatic heterocycles. The molecule has 0 aliphatic rings. The van der Waals surface area contributed by atoms with E-state index in [2.05, 4.69) is 66.5 Å². The van der Waals surface area contributed by atoms with Gasteiger partial charge in [0.05, 0.1) is 23.1 Å². The number of aromatic nitrogens is 6. The van der Waals surface area contributed by atoms with Crippen LogP contribution in [-0.4, -0.2) is 29.6 Å². The molecule has 0 saturated heterocycles. The van der Waals surface area contributed by atoms with Crippen molar-refractivity contribution in [3.05, 3.63) is 96.2 Å². The standard InChI is InChI=1S/C26H20N6S/c1-17-13-18(2)15-20(14-17)24-28-29-26-32(24)30-25(33-26)22-16-27-31(21-11-7-4-8-12-21)23(22)19-9-5-3-6-10-19/h3-16H,1-2H3. The molecule has 7 heteroatoms. The zero-order chi connectivity index (χ0) is 22.4. The van der Waals surface area contributed by atoms with E-state index in [4.69, 9.17) is 10.2 Å². The van der Waals surface area contributed by atoms with E-state index in [1.54, 1.807) is 0 Å². The predicted molar refractivity (Wildman–Crippen MR) is 132 cm³/mol. The number of rotatable bonds is 4. The summed E-state index contributed by atoms with van der Waals surface area (Å²) in [5.41, 5.74) is 7.43. The van der Waals surface area contributed by atoms with E-state index < -0.39 is 0 Å². The van der Waals surface area contributed by atoms with Crippen molar-refractivity contribution in [2.75, 3.05) is 0 Å². The van der Waals surface area contributed by atoms with Crippen molar-refractivity contribution >= 4 is 16.3 Å². The highest BCUT2D eigenvalue weighted by atomic mass is 32.1. The van der Waals surface area contributed by atoms with Gasteiger partial charge in [-0.05, 0) is 38.1 Å². The third-order valence-corrected chi connectivity index (χ3v) is 6.45. The average Bonchev–Trinajstić information content (AvgIpc) is 3.53. The lowest BCUT2D eigenvalue weighted by Crippen LogP contribution is -1.99. The predicted octanol–water partition coefficient (Wildman–Crippen LogP) is 5.99. The molecule has 6 rings (SSSR count). The summed E-state index contributed by atoms with van der Waals surface area (Å²) < 4.78 is 3.81. The molecule has 0 unspecified atom stereocenters. The Kier molecular flexibility index (Phi) is 4.62. The van der Waals surface area contributed by atoms with Crippen LogP contribution >= 0.6 is 11.3 Å². The fourth-order valence-electron chi connectivity index (χ4n) is 4.15. The fourth-order valence-corrected chi connectivity index (χ4v) is 5.00. The first-order valence-corrected chi connectivity index (χ1v) is 11.5. The second-order valence-corrected chi connectivity index (χ2v) is 8.98.